The number of nitrogens with one attached hydrogen (secondary N) is 2. The molecule has 6 heteroatoms. The molecule has 0 aliphatic carbocycles. The van der Waals surface area contributed by atoms with Gasteiger partial charge in [0.05, 0.1) is 19.4 Å². The summed E-state index contributed by atoms with van der Waals surface area (Å²) in [5.74, 6) is 1.84. The Bertz CT molecular complexity index is 428. The van der Waals surface area contributed by atoms with Gasteiger partial charge in [-0.05, 0) is 38.1 Å². The van der Waals surface area contributed by atoms with Crippen LogP contribution in [-0.4, -0.2) is 63.8 Å². The number of hydrogen-bond donors (Lipinski definition) is 2. The van der Waals surface area contributed by atoms with Crippen molar-refractivity contribution in [2.24, 2.45) is 4.99 Å². The summed E-state index contributed by atoms with van der Waals surface area (Å²) < 4.78 is 10.4. The van der Waals surface area contributed by atoms with Crippen LogP contribution in [0.15, 0.2) is 27.8 Å². The van der Waals surface area contributed by atoms with E-state index < -0.39 is 0 Å². The van der Waals surface area contributed by atoms with Crippen molar-refractivity contribution in [1.82, 2.24) is 15.5 Å². The molecule has 1 aliphatic rings. The van der Waals surface area contributed by atoms with Gasteiger partial charge < -0.3 is 24.7 Å². The van der Waals surface area contributed by atoms with E-state index in [1.807, 2.05) is 12.1 Å². The van der Waals surface area contributed by atoms with Gasteiger partial charge in [-0.2, -0.15) is 0 Å². The van der Waals surface area contributed by atoms with Crippen molar-refractivity contribution >= 4 is 5.96 Å². The predicted octanol–water partition coefficient (Wildman–Crippen LogP) is 1.49. The molecule has 2 rings (SSSR count). The van der Waals surface area contributed by atoms with Crippen LogP contribution in [0, 0.1) is 0 Å². The monoisotopic (exact) mass is 322 g/mol. The molecule has 0 saturated carbocycles. The van der Waals surface area contributed by atoms with E-state index in [0.29, 0.717) is 6.61 Å². The number of hydrogen-bond acceptors (Lipinski definition) is 4. The molecule has 0 amide bonds. The quantitative estimate of drug-likeness (QED) is 0.410. The van der Waals surface area contributed by atoms with E-state index in [9.17, 15) is 0 Å². The molecule has 0 bridgehead atoms. The van der Waals surface area contributed by atoms with Crippen molar-refractivity contribution < 1.29 is 9.15 Å². The van der Waals surface area contributed by atoms with Crippen molar-refractivity contribution in [2.75, 3.05) is 53.0 Å². The first-order valence-electron chi connectivity index (χ1n) is 8.64. The maximum absolute atomic E-state index is 5.35. The van der Waals surface area contributed by atoms with E-state index in [1.54, 1.807) is 13.4 Å². The number of guanidine groups is 1. The fourth-order valence-electron chi connectivity index (χ4n) is 2.69. The van der Waals surface area contributed by atoms with Gasteiger partial charge in [0.1, 0.15) is 5.76 Å². The number of furan rings is 1. The second kappa shape index (κ2) is 11.1. The lowest BCUT2D eigenvalue weighted by Crippen LogP contribution is -2.40. The number of nitrogens with zero attached hydrogens (tertiary/aromatic N) is 2. The first-order valence-corrected chi connectivity index (χ1v) is 8.64. The van der Waals surface area contributed by atoms with Gasteiger partial charge in [-0.3, -0.25) is 4.99 Å². The topological polar surface area (TPSA) is 62.0 Å². The van der Waals surface area contributed by atoms with Crippen LogP contribution in [0.2, 0.25) is 0 Å². The molecule has 130 valence electrons. The molecule has 0 atom stereocenters. The molecular formula is C17H30N4O2. The van der Waals surface area contributed by atoms with Crippen LogP contribution in [0.4, 0.5) is 0 Å². The molecule has 2 N–H and O–H groups in total. The Morgan fingerprint density at radius 1 is 1.26 bits per heavy atom. The van der Waals surface area contributed by atoms with E-state index >= 15 is 0 Å². The van der Waals surface area contributed by atoms with Crippen LogP contribution < -0.4 is 10.6 Å². The number of rotatable bonds is 9. The van der Waals surface area contributed by atoms with Gasteiger partial charge >= 0.3 is 0 Å². The summed E-state index contributed by atoms with van der Waals surface area (Å²) in [4.78, 5) is 7.18. The minimum Gasteiger partial charge on any atom is -0.469 e. The summed E-state index contributed by atoms with van der Waals surface area (Å²) in [6.07, 6.45) is 6.58. The van der Waals surface area contributed by atoms with E-state index in [0.717, 1.165) is 44.3 Å². The SMILES string of the molecule is COCCNC(=NCCN1CCCCC1)NCCc1ccco1. The molecular weight excluding hydrogens is 292 g/mol. The third-order valence-electron chi connectivity index (χ3n) is 3.98. The zero-order chi connectivity index (χ0) is 16.2. The van der Waals surface area contributed by atoms with Crippen LogP contribution in [0.25, 0.3) is 0 Å². The highest BCUT2D eigenvalue weighted by molar-refractivity contribution is 5.79. The Kier molecular flexibility index (Phi) is 8.58. The van der Waals surface area contributed by atoms with Crippen molar-refractivity contribution in [2.45, 2.75) is 25.7 Å². The van der Waals surface area contributed by atoms with E-state index in [1.165, 1.54) is 32.4 Å². The average molecular weight is 322 g/mol. The van der Waals surface area contributed by atoms with Gasteiger partial charge in [-0.1, -0.05) is 6.42 Å². The smallest absolute Gasteiger partial charge is 0.191 e. The third kappa shape index (κ3) is 7.52. The second-order valence-corrected chi connectivity index (χ2v) is 5.81. The molecule has 2 heterocycles. The Labute approximate surface area is 139 Å². The fraction of sp³-hybridized carbons (Fsp3) is 0.706. The minimum absolute atomic E-state index is 0.672. The van der Waals surface area contributed by atoms with E-state index in [-0.39, 0.29) is 0 Å². The molecule has 0 aromatic carbocycles. The van der Waals surface area contributed by atoms with Gasteiger partial charge in [-0.25, -0.2) is 0 Å². The Morgan fingerprint density at radius 3 is 2.83 bits per heavy atom. The van der Waals surface area contributed by atoms with Crippen LogP contribution in [0.3, 0.4) is 0 Å². The van der Waals surface area contributed by atoms with Crippen LogP contribution >= 0.6 is 0 Å². The molecule has 1 saturated heterocycles. The first-order chi connectivity index (χ1) is 11.4. The maximum atomic E-state index is 5.35. The van der Waals surface area contributed by atoms with Crippen molar-refractivity contribution in [3.8, 4) is 0 Å². The van der Waals surface area contributed by atoms with Crippen molar-refractivity contribution in [3.63, 3.8) is 0 Å². The van der Waals surface area contributed by atoms with Crippen molar-refractivity contribution in [3.05, 3.63) is 24.2 Å². The lowest BCUT2D eigenvalue weighted by molar-refractivity contribution is 0.203. The van der Waals surface area contributed by atoms with E-state index in [2.05, 4.69) is 20.5 Å². The third-order valence-corrected chi connectivity index (χ3v) is 3.98. The lowest BCUT2D eigenvalue weighted by atomic mass is 10.1. The lowest BCUT2D eigenvalue weighted by Gasteiger charge is -2.25. The van der Waals surface area contributed by atoms with Crippen LogP contribution in [-0.2, 0) is 11.2 Å². The molecule has 0 spiro atoms. The number of aliphatic imine (C=N–C) groups is 1. The highest BCUT2D eigenvalue weighted by Crippen LogP contribution is 2.07. The summed E-state index contributed by atoms with van der Waals surface area (Å²) in [5, 5.41) is 6.66. The Balaban J connectivity index is 1.71. The molecule has 1 aromatic rings. The summed E-state index contributed by atoms with van der Waals surface area (Å²) in [6, 6.07) is 3.91. The molecule has 1 aliphatic heterocycles. The summed E-state index contributed by atoms with van der Waals surface area (Å²) in [5.41, 5.74) is 0. The number of likely N-dealkylation sites (tertiary alicyclic amines) is 1. The zero-order valence-corrected chi connectivity index (χ0v) is 14.2. The molecule has 1 fully saturated rings. The zero-order valence-electron chi connectivity index (χ0n) is 14.2. The second-order valence-electron chi connectivity index (χ2n) is 5.81. The molecule has 0 radical (unpaired) electrons. The van der Waals surface area contributed by atoms with Gasteiger partial charge in [0.25, 0.3) is 0 Å². The standard InChI is InChI=1S/C17H30N4O2/c1-22-15-10-20-17(18-8-7-16-6-5-14-23-16)19-9-13-21-11-3-2-4-12-21/h5-6,14H,2-4,7-13,15H2,1H3,(H2,18,19,20). The van der Waals surface area contributed by atoms with Gasteiger partial charge in [0.2, 0.25) is 0 Å². The van der Waals surface area contributed by atoms with Gasteiger partial charge in [-0.15, -0.1) is 0 Å². The van der Waals surface area contributed by atoms with Crippen LogP contribution in [0.1, 0.15) is 25.0 Å². The molecule has 6 nitrogen and oxygen atoms in total. The van der Waals surface area contributed by atoms with Gasteiger partial charge in [0, 0.05) is 33.2 Å². The maximum Gasteiger partial charge on any atom is 0.191 e. The summed E-state index contributed by atoms with van der Waals surface area (Å²) in [6.45, 7) is 6.52. The van der Waals surface area contributed by atoms with Crippen molar-refractivity contribution in [1.29, 1.82) is 0 Å². The number of ether oxygens (including phenoxy) is 1. The Morgan fingerprint density at radius 2 is 2.09 bits per heavy atom. The number of piperidine rings is 1. The molecule has 23 heavy (non-hydrogen) atoms. The van der Waals surface area contributed by atoms with Gasteiger partial charge in [0.15, 0.2) is 5.96 Å². The molecule has 1 aromatic heterocycles. The summed E-state index contributed by atoms with van der Waals surface area (Å²) in [7, 11) is 1.71. The minimum atomic E-state index is 0.672. The fourth-order valence-corrected chi connectivity index (χ4v) is 2.69. The largest absolute Gasteiger partial charge is 0.469 e. The predicted molar refractivity (Wildman–Crippen MR) is 92.9 cm³/mol. The van der Waals surface area contributed by atoms with Crippen LogP contribution in [0.5, 0.6) is 0 Å². The summed E-state index contributed by atoms with van der Waals surface area (Å²) >= 11 is 0. The number of methoxy groups -OCH3 is 1. The first kappa shape index (κ1) is 17.8. The Hall–Kier alpha value is -1.53. The average Bonchev–Trinajstić information content (AvgIpc) is 3.09. The van der Waals surface area contributed by atoms with E-state index in [4.69, 9.17) is 9.15 Å². The highest BCUT2D eigenvalue weighted by atomic mass is 16.5. The highest BCUT2D eigenvalue weighted by Gasteiger charge is 2.09. The normalized spacial score (nSPS) is 16.5. The molecule has 0 unspecified atom stereocenters.